The maximum absolute atomic E-state index is 12.8. The Bertz CT molecular complexity index is 1280. The molecule has 0 heterocycles. The van der Waals surface area contributed by atoms with Crippen LogP contribution in [0.5, 0.6) is 0 Å². The van der Waals surface area contributed by atoms with Crippen LogP contribution in [0.3, 0.4) is 0 Å². The molecule has 0 amide bonds. The minimum absolute atomic E-state index is 0.0703. The molecule has 0 aliphatic carbocycles. The van der Waals surface area contributed by atoms with Crippen LogP contribution in [0.4, 0.5) is 0 Å². The van der Waals surface area contributed by atoms with Gasteiger partial charge >= 0.3 is 17.9 Å². The van der Waals surface area contributed by atoms with Crippen molar-refractivity contribution in [1.82, 2.24) is 0 Å². The largest absolute Gasteiger partial charge is 0.462 e. The molecule has 412 valence electrons. The summed E-state index contributed by atoms with van der Waals surface area (Å²) in [5, 5.41) is 0. The fourth-order valence-corrected chi connectivity index (χ4v) is 8.94. The molecule has 0 aliphatic heterocycles. The molecule has 0 spiro atoms. The summed E-state index contributed by atoms with van der Waals surface area (Å²) < 4.78 is 16.9. The van der Waals surface area contributed by atoms with Crippen molar-refractivity contribution in [3.8, 4) is 0 Å². The number of ether oxygens (including phenoxy) is 3. The van der Waals surface area contributed by atoms with Crippen LogP contribution in [0, 0.1) is 0 Å². The molecule has 0 radical (unpaired) electrons. The zero-order valence-electron chi connectivity index (χ0n) is 47.2. The van der Waals surface area contributed by atoms with Crippen LogP contribution in [0.25, 0.3) is 0 Å². The highest BCUT2D eigenvalue weighted by atomic mass is 16.6. The SMILES string of the molecule is CC/C=C\C/C=C\C/C=C\C/C=C\C/C=C\CCCCCCCCCCCCCC(=O)OCC(COC(=O)CCCCCCCCCC)OC(=O)CCCCCCCCCCCCCCCCCCCC. The van der Waals surface area contributed by atoms with E-state index in [0.29, 0.717) is 19.3 Å². The lowest BCUT2D eigenvalue weighted by molar-refractivity contribution is -0.167. The lowest BCUT2D eigenvalue weighted by Crippen LogP contribution is -2.30. The molecule has 0 aromatic carbocycles. The molecule has 0 aromatic heterocycles. The molecule has 6 nitrogen and oxygen atoms in total. The topological polar surface area (TPSA) is 78.9 Å². The average molecular weight is 994 g/mol. The van der Waals surface area contributed by atoms with Gasteiger partial charge in [-0.15, -0.1) is 0 Å². The van der Waals surface area contributed by atoms with E-state index in [0.717, 1.165) is 89.9 Å². The van der Waals surface area contributed by atoms with Crippen molar-refractivity contribution in [1.29, 1.82) is 0 Å². The summed E-state index contributed by atoms with van der Waals surface area (Å²) in [4.78, 5) is 38.1. The predicted molar refractivity (Wildman–Crippen MR) is 307 cm³/mol. The predicted octanol–water partition coefficient (Wildman–Crippen LogP) is 20.8. The van der Waals surface area contributed by atoms with Crippen LogP contribution in [0.1, 0.15) is 316 Å². The third kappa shape index (κ3) is 57.9. The quantitative estimate of drug-likeness (QED) is 0.0261. The van der Waals surface area contributed by atoms with Crippen LogP contribution in [0.15, 0.2) is 60.8 Å². The molecule has 1 atom stereocenters. The van der Waals surface area contributed by atoms with Crippen molar-refractivity contribution < 1.29 is 28.6 Å². The van der Waals surface area contributed by atoms with Crippen molar-refractivity contribution in [2.45, 2.75) is 322 Å². The monoisotopic (exact) mass is 993 g/mol. The number of rotatable bonds is 56. The van der Waals surface area contributed by atoms with E-state index < -0.39 is 6.10 Å². The van der Waals surface area contributed by atoms with Gasteiger partial charge in [-0.2, -0.15) is 0 Å². The number of carbonyl (C=O) groups is 3. The van der Waals surface area contributed by atoms with Crippen LogP contribution >= 0.6 is 0 Å². The standard InChI is InChI=1S/C65H116O6/c1-4-7-10-13-16-19-21-23-25-27-29-30-31-32-33-34-35-36-37-39-40-42-44-46-49-52-55-58-64(67)70-61-62(60-69-63(66)57-54-51-48-18-15-12-9-6-3)71-65(68)59-56-53-50-47-45-43-41-38-28-26-24-22-20-17-14-11-8-5-2/h7,10,16,19,23,25,29-30,32-33,62H,4-6,8-9,11-15,17-18,20-22,24,26-28,31,34-61H2,1-3H3/b10-7-,19-16-,25-23-,30-29-,33-32-. The Kier molecular flexibility index (Phi) is 57.2. The van der Waals surface area contributed by atoms with Gasteiger partial charge in [0.25, 0.3) is 0 Å². The number of hydrogen-bond donors (Lipinski definition) is 0. The highest BCUT2D eigenvalue weighted by molar-refractivity contribution is 5.71. The van der Waals surface area contributed by atoms with Gasteiger partial charge in [-0.3, -0.25) is 14.4 Å². The molecule has 0 saturated carbocycles. The Hall–Kier alpha value is -2.89. The molecule has 0 aliphatic rings. The molecule has 71 heavy (non-hydrogen) atoms. The Balaban J connectivity index is 4.15. The molecule has 0 aromatic rings. The van der Waals surface area contributed by atoms with Gasteiger partial charge in [-0.1, -0.05) is 293 Å². The molecule has 0 N–H and O–H groups in total. The van der Waals surface area contributed by atoms with Gasteiger partial charge in [-0.05, 0) is 64.2 Å². The summed E-state index contributed by atoms with van der Waals surface area (Å²) in [5.41, 5.74) is 0. The molecule has 1 unspecified atom stereocenters. The first kappa shape index (κ1) is 68.1. The Morgan fingerprint density at radius 1 is 0.296 bits per heavy atom. The van der Waals surface area contributed by atoms with Gasteiger partial charge in [0.2, 0.25) is 0 Å². The summed E-state index contributed by atoms with van der Waals surface area (Å²) in [5.74, 6) is -0.861. The van der Waals surface area contributed by atoms with Gasteiger partial charge in [0.1, 0.15) is 13.2 Å². The zero-order chi connectivity index (χ0) is 51.4. The maximum Gasteiger partial charge on any atom is 0.306 e. The number of unbranched alkanes of at least 4 members (excludes halogenated alkanes) is 35. The molecular weight excluding hydrogens is 877 g/mol. The second-order valence-corrected chi connectivity index (χ2v) is 20.6. The van der Waals surface area contributed by atoms with Gasteiger partial charge in [0.05, 0.1) is 0 Å². The Morgan fingerprint density at radius 2 is 0.549 bits per heavy atom. The van der Waals surface area contributed by atoms with E-state index in [-0.39, 0.29) is 31.1 Å². The van der Waals surface area contributed by atoms with Crippen LogP contribution in [-0.2, 0) is 28.6 Å². The molecule has 0 bridgehead atoms. The van der Waals surface area contributed by atoms with Gasteiger partial charge in [-0.25, -0.2) is 0 Å². The minimum Gasteiger partial charge on any atom is -0.462 e. The summed E-state index contributed by atoms with van der Waals surface area (Å²) in [7, 11) is 0. The first-order valence-corrected chi connectivity index (χ1v) is 30.8. The van der Waals surface area contributed by atoms with Crippen molar-refractivity contribution in [2.75, 3.05) is 13.2 Å². The van der Waals surface area contributed by atoms with Crippen molar-refractivity contribution >= 4 is 17.9 Å². The van der Waals surface area contributed by atoms with E-state index in [1.807, 2.05) is 0 Å². The fraction of sp³-hybridized carbons (Fsp3) is 0.800. The number of allylic oxidation sites excluding steroid dienone is 10. The van der Waals surface area contributed by atoms with E-state index in [2.05, 4.69) is 81.5 Å². The normalized spacial score (nSPS) is 12.4. The van der Waals surface area contributed by atoms with Gasteiger partial charge in [0, 0.05) is 19.3 Å². The first-order valence-electron chi connectivity index (χ1n) is 30.8. The third-order valence-corrected chi connectivity index (χ3v) is 13.5. The van der Waals surface area contributed by atoms with E-state index in [9.17, 15) is 14.4 Å². The number of hydrogen-bond acceptors (Lipinski definition) is 6. The van der Waals surface area contributed by atoms with Crippen LogP contribution in [-0.4, -0.2) is 37.2 Å². The third-order valence-electron chi connectivity index (χ3n) is 13.5. The summed E-state index contributed by atoms with van der Waals surface area (Å²) in [6.07, 6.45) is 75.2. The second-order valence-electron chi connectivity index (χ2n) is 20.6. The zero-order valence-corrected chi connectivity index (χ0v) is 47.2. The molecule has 6 heteroatoms. The molecule has 0 saturated heterocycles. The van der Waals surface area contributed by atoms with Gasteiger partial charge in [0.15, 0.2) is 6.10 Å². The minimum atomic E-state index is -0.770. The molecule has 0 fully saturated rings. The fourth-order valence-electron chi connectivity index (χ4n) is 8.94. The van der Waals surface area contributed by atoms with Crippen LogP contribution < -0.4 is 0 Å². The average Bonchev–Trinajstić information content (AvgIpc) is 3.37. The van der Waals surface area contributed by atoms with Gasteiger partial charge < -0.3 is 14.2 Å². The lowest BCUT2D eigenvalue weighted by atomic mass is 10.0. The van der Waals surface area contributed by atoms with E-state index >= 15 is 0 Å². The highest BCUT2D eigenvalue weighted by Crippen LogP contribution is 2.17. The van der Waals surface area contributed by atoms with Crippen LogP contribution in [0.2, 0.25) is 0 Å². The molecular formula is C65H116O6. The van der Waals surface area contributed by atoms with E-state index in [4.69, 9.17) is 14.2 Å². The second kappa shape index (κ2) is 59.7. The Labute approximate surface area is 440 Å². The number of esters is 3. The Morgan fingerprint density at radius 3 is 0.859 bits per heavy atom. The lowest BCUT2D eigenvalue weighted by Gasteiger charge is -2.18. The maximum atomic E-state index is 12.8. The molecule has 0 rings (SSSR count). The smallest absolute Gasteiger partial charge is 0.306 e. The van der Waals surface area contributed by atoms with Crippen molar-refractivity contribution in [3.05, 3.63) is 60.8 Å². The van der Waals surface area contributed by atoms with E-state index in [1.54, 1.807) is 0 Å². The van der Waals surface area contributed by atoms with E-state index in [1.165, 1.54) is 186 Å². The van der Waals surface area contributed by atoms with Crippen molar-refractivity contribution in [3.63, 3.8) is 0 Å². The summed E-state index contributed by atoms with van der Waals surface area (Å²) >= 11 is 0. The summed E-state index contributed by atoms with van der Waals surface area (Å²) in [6, 6.07) is 0. The highest BCUT2D eigenvalue weighted by Gasteiger charge is 2.19. The van der Waals surface area contributed by atoms with Crippen molar-refractivity contribution in [2.24, 2.45) is 0 Å². The first-order chi connectivity index (χ1) is 35.0. The summed E-state index contributed by atoms with van der Waals surface area (Å²) in [6.45, 7) is 6.54. The number of carbonyl (C=O) groups excluding carboxylic acids is 3.